The number of rotatable bonds is 4. The van der Waals surface area contributed by atoms with Crippen LogP contribution in [0.5, 0.6) is 0 Å². The van der Waals surface area contributed by atoms with Crippen LogP contribution in [0.2, 0.25) is 0 Å². The highest BCUT2D eigenvalue weighted by molar-refractivity contribution is 6.17. The smallest absolute Gasteiger partial charge is 0.419 e. The van der Waals surface area contributed by atoms with Gasteiger partial charge in [-0.05, 0) is 63.8 Å². The summed E-state index contributed by atoms with van der Waals surface area (Å²) < 4.78 is 6.99. The molecule has 1 heterocycles. The van der Waals surface area contributed by atoms with E-state index in [9.17, 15) is 4.79 Å². The molecule has 1 aromatic heterocycles. The van der Waals surface area contributed by atoms with E-state index in [1.807, 2.05) is 33.0 Å². The Bertz CT molecular complexity index is 751. The molecule has 0 saturated carbocycles. The van der Waals surface area contributed by atoms with E-state index in [0.29, 0.717) is 11.4 Å². The number of carbonyl (C=O) groups excluding carboxylic acids is 1. The number of carbonyl (C=O) groups is 1. The van der Waals surface area contributed by atoms with Crippen LogP contribution in [0.25, 0.3) is 10.9 Å². The van der Waals surface area contributed by atoms with Crippen molar-refractivity contribution >= 4 is 28.6 Å². The fourth-order valence-corrected chi connectivity index (χ4v) is 2.63. The number of hydrogen-bond donors (Lipinski definition) is 0. The molecule has 5 heteroatoms. The molecule has 0 amide bonds. The molecule has 0 N–H and O–H groups in total. The summed E-state index contributed by atoms with van der Waals surface area (Å²) in [5.41, 5.74) is 1.82. The van der Waals surface area contributed by atoms with Crippen molar-refractivity contribution in [2.24, 2.45) is 0 Å². The molecule has 0 radical (unpaired) electrons. The lowest BCUT2D eigenvalue weighted by Gasteiger charge is -2.19. The first-order valence-corrected chi connectivity index (χ1v) is 8.22. The molecule has 2 aromatic rings. The molecular formula is C18H21ClN2O2. The van der Waals surface area contributed by atoms with Crippen molar-refractivity contribution < 1.29 is 9.53 Å². The van der Waals surface area contributed by atoms with Crippen molar-refractivity contribution in [2.75, 3.05) is 5.88 Å². The highest BCUT2D eigenvalue weighted by Crippen LogP contribution is 2.25. The van der Waals surface area contributed by atoms with Gasteiger partial charge in [0.25, 0.3) is 0 Å². The fourth-order valence-electron chi connectivity index (χ4n) is 2.44. The Hall–Kier alpha value is -1.99. The Morgan fingerprint density at radius 1 is 1.35 bits per heavy atom. The molecule has 0 spiro atoms. The van der Waals surface area contributed by atoms with Gasteiger partial charge in [-0.15, -0.1) is 11.6 Å². The van der Waals surface area contributed by atoms with E-state index in [2.05, 4.69) is 6.07 Å². The van der Waals surface area contributed by atoms with E-state index in [1.54, 1.807) is 12.1 Å². The van der Waals surface area contributed by atoms with E-state index in [4.69, 9.17) is 21.6 Å². The van der Waals surface area contributed by atoms with Crippen molar-refractivity contribution in [1.29, 1.82) is 5.26 Å². The van der Waals surface area contributed by atoms with E-state index in [1.165, 1.54) is 4.57 Å². The van der Waals surface area contributed by atoms with E-state index in [0.717, 1.165) is 35.7 Å². The van der Waals surface area contributed by atoms with Crippen LogP contribution in [-0.2, 0) is 11.2 Å². The number of nitriles is 1. The van der Waals surface area contributed by atoms with Gasteiger partial charge in [-0.3, -0.25) is 4.57 Å². The number of aryl methyl sites for hydroxylation is 1. The summed E-state index contributed by atoms with van der Waals surface area (Å²) in [6.07, 6.45) is 4.07. The molecule has 0 aliphatic heterocycles. The minimum Gasteiger partial charge on any atom is -0.443 e. The molecule has 0 atom stereocenters. The first-order chi connectivity index (χ1) is 10.9. The molecule has 4 nitrogen and oxygen atoms in total. The number of unbranched alkanes of at least 4 members (excludes halogenated alkanes) is 1. The van der Waals surface area contributed by atoms with Crippen LogP contribution in [0.1, 0.15) is 44.7 Å². The second kappa shape index (κ2) is 7.06. The van der Waals surface area contributed by atoms with Crippen molar-refractivity contribution in [2.45, 2.75) is 45.6 Å². The van der Waals surface area contributed by atoms with Gasteiger partial charge in [0.1, 0.15) is 5.60 Å². The standard InChI is InChI=1S/C18H21ClN2O2/c1-18(2,3)23-17(22)21-12-14(6-4-5-9-19)15-10-13(11-20)7-8-16(15)21/h7-8,10,12H,4-6,9H2,1-3H3. The molecule has 0 aliphatic rings. The average molecular weight is 333 g/mol. The van der Waals surface area contributed by atoms with Gasteiger partial charge in [0.2, 0.25) is 0 Å². The lowest BCUT2D eigenvalue weighted by Crippen LogP contribution is -2.26. The largest absolute Gasteiger partial charge is 0.443 e. The summed E-state index contributed by atoms with van der Waals surface area (Å²) in [7, 11) is 0. The highest BCUT2D eigenvalue weighted by atomic mass is 35.5. The van der Waals surface area contributed by atoms with Gasteiger partial charge >= 0.3 is 6.09 Å². The number of halogens is 1. The molecule has 1 aromatic carbocycles. The second-order valence-corrected chi connectivity index (χ2v) is 6.87. The van der Waals surface area contributed by atoms with Gasteiger partial charge in [-0.2, -0.15) is 5.26 Å². The lowest BCUT2D eigenvalue weighted by atomic mass is 10.1. The number of benzene rings is 1. The topological polar surface area (TPSA) is 55.0 Å². The first-order valence-electron chi connectivity index (χ1n) is 7.69. The number of alkyl halides is 1. The Balaban J connectivity index is 2.45. The molecule has 122 valence electrons. The van der Waals surface area contributed by atoms with Gasteiger partial charge in [-0.1, -0.05) is 0 Å². The molecule has 2 rings (SSSR count). The normalized spacial score (nSPS) is 11.4. The SMILES string of the molecule is CC(C)(C)OC(=O)n1cc(CCCCCl)c2cc(C#N)ccc21. The monoisotopic (exact) mass is 332 g/mol. The quantitative estimate of drug-likeness (QED) is 0.593. The first kappa shape index (κ1) is 17.4. The van der Waals surface area contributed by atoms with E-state index >= 15 is 0 Å². The van der Waals surface area contributed by atoms with Crippen LogP contribution < -0.4 is 0 Å². The minimum absolute atomic E-state index is 0.407. The van der Waals surface area contributed by atoms with Crippen molar-refractivity contribution in [1.82, 2.24) is 4.57 Å². The summed E-state index contributed by atoms with van der Waals surface area (Å²) in [5, 5.41) is 10.0. The Labute approximate surface area is 141 Å². The van der Waals surface area contributed by atoms with Crippen molar-refractivity contribution in [3.8, 4) is 6.07 Å². The molecule has 0 saturated heterocycles. The third kappa shape index (κ3) is 4.27. The number of ether oxygens (including phenoxy) is 1. The molecule has 0 fully saturated rings. The summed E-state index contributed by atoms with van der Waals surface area (Å²) >= 11 is 5.74. The summed E-state index contributed by atoms with van der Waals surface area (Å²) in [5.74, 6) is 0.619. The Morgan fingerprint density at radius 2 is 2.09 bits per heavy atom. The zero-order valence-electron chi connectivity index (χ0n) is 13.7. The predicted octanol–water partition coefficient (Wildman–Crippen LogP) is 4.86. The summed E-state index contributed by atoms with van der Waals surface area (Å²) in [6, 6.07) is 7.48. The lowest BCUT2D eigenvalue weighted by molar-refractivity contribution is 0.0544. The van der Waals surface area contributed by atoms with Crippen LogP contribution in [0.15, 0.2) is 24.4 Å². The van der Waals surface area contributed by atoms with Crippen LogP contribution >= 0.6 is 11.6 Å². The molecule has 0 bridgehead atoms. The Morgan fingerprint density at radius 3 is 2.70 bits per heavy atom. The van der Waals surface area contributed by atoms with Crippen molar-refractivity contribution in [3.05, 3.63) is 35.5 Å². The van der Waals surface area contributed by atoms with E-state index in [-0.39, 0.29) is 0 Å². The third-order valence-corrected chi connectivity index (χ3v) is 3.70. The van der Waals surface area contributed by atoms with Crippen LogP contribution in [0.3, 0.4) is 0 Å². The highest BCUT2D eigenvalue weighted by Gasteiger charge is 2.20. The van der Waals surface area contributed by atoms with Gasteiger partial charge in [0, 0.05) is 17.5 Å². The zero-order valence-corrected chi connectivity index (χ0v) is 14.5. The maximum atomic E-state index is 12.4. The van der Waals surface area contributed by atoms with Crippen LogP contribution in [-0.4, -0.2) is 22.1 Å². The van der Waals surface area contributed by atoms with Gasteiger partial charge in [-0.25, -0.2) is 4.79 Å². The third-order valence-electron chi connectivity index (χ3n) is 3.44. The number of fused-ring (bicyclic) bond motifs is 1. The van der Waals surface area contributed by atoms with E-state index < -0.39 is 11.7 Å². The Kier molecular flexibility index (Phi) is 5.33. The number of hydrogen-bond acceptors (Lipinski definition) is 3. The van der Waals surface area contributed by atoms with Crippen LogP contribution in [0.4, 0.5) is 4.79 Å². The van der Waals surface area contributed by atoms with Gasteiger partial charge in [0.05, 0.1) is 17.1 Å². The summed E-state index contributed by atoms with van der Waals surface area (Å²) in [6.45, 7) is 5.52. The average Bonchev–Trinajstić information content (AvgIpc) is 2.84. The number of nitrogens with zero attached hydrogens (tertiary/aromatic N) is 2. The fraction of sp³-hybridized carbons (Fsp3) is 0.444. The molecule has 0 unspecified atom stereocenters. The maximum absolute atomic E-state index is 12.4. The predicted molar refractivity (Wildman–Crippen MR) is 91.9 cm³/mol. The molecule has 23 heavy (non-hydrogen) atoms. The zero-order chi connectivity index (χ0) is 17.0. The molecular weight excluding hydrogens is 312 g/mol. The summed E-state index contributed by atoms with van der Waals surface area (Å²) in [4.78, 5) is 12.4. The van der Waals surface area contributed by atoms with Gasteiger partial charge in [0.15, 0.2) is 0 Å². The second-order valence-electron chi connectivity index (χ2n) is 6.49. The molecule has 0 aliphatic carbocycles. The maximum Gasteiger partial charge on any atom is 0.419 e. The van der Waals surface area contributed by atoms with Gasteiger partial charge < -0.3 is 4.74 Å². The number of aromatic nitrogens is 1. The van der Waals surface area contributed by atoms with Crippen molar-refractivity contribution in [3.63, 3.8) is 0 Å². The minimum atomic E-state index is -0.556. The van der Waals surface area contributed by atoms with Crippen LogP contribution in [0, 0.1) is 11.3 Å².